The van der Waals surface area contributed by atoms with Crippen LogP contribution >= 0.6 is 0 Å². The Kier molecular flexibility index (Phi) is 4.92. The molecule has 0 aromatic heterocycles. The molecule has 1 amide bonds. The third-order valence-corrected chi connectivity index (χ3v) is 6.09. The van der Waals surface area contributed by atoms with E-state index in [2.05, 4.69) is 19.9 Å². The number of carbonyl (C=O) groups is 1. The van der Waals surface area contributed by atoms with Crippen LogP contribution in [0.25, 0.3) is 0 Å². The fourth-order valence-electron chi connectivity index (χ4n) is 4.34. The minimum atomic E-state index is -0.0135. The highest BCUT2D eigenvalue weighted by atomic mass is 16.5. The Morgan fingerprint density at radius 2 is 1.93 bits per heavy atom. The molecule has 2 aliphatic heterocycles. The molecule has 0 radical (unpaired) electrons. The smallest absolute Gasteiger partial charge is 0.258 e. The van der Waals surface area contributed by atoms with E-state index in [0.29, 0.717) is 11.5 Å². The molecule has 5 nitrogen and oxygen atoms in total. The lowest BCUT2D eigenvalue weighted by Crippen LogP contribution is -2.31. The fourth-order valence-corrected chi connectivity index (χ4v) is 4.34. The second-order valence-electron chi connectivity index (χ2n) is 7.60. The third-order valence-electron chi connectivity index (χ3n) is 6.09. The molecular weight excluding hydrogens is 354 g/mol. The third kappa shape index (κ3) is 2.99. The van der Waals surface area contributed by atoms with Crippen LogP contribution in [0, 0.1) is 0 Å². The van der Waals surface area contributed by atoms with Crippen LogP contribution in [-0.2, 0) is 0 Å². The molecule has 2 aliphatic rings. The number of nitrogens with zero attached hydrogens (tertiary/aromatic N) is 1. The highest BCUT2D eigenvalue weighted by Gasteiger charge is 2.37. The Bertz CT molecular complexity index is 894. The molecule has 1 saturated heterocycles. The van der Waals surface area contributed by atoms with E-state index in [1.54, 1.807) is 14.2 Å². The maximum Gasteiger partial charge on any atom is 0.258 e. The Morgan fingerprint density at radius 1 is 1.11 bits per heavy atom. The summed E-state index contributed by atoms with van der Waals surface area (Å²) in [5.74, 6) is 2.56. The summed E-state index contributed by atoms with van der Waals surface area (Å²) in [6.07, 6.45) is 1.96. The monoisotopic (exact) mass is 381 g/mol. The van der Waals surface area contributed by atoms with Crippen molar-refractivity contribution in [3.8, 4) is 17.2 Å². The highest BCUT2D eigenvalue weighted by Crippen LogP contribution is 2.43. The number of benzene rings is 2. The average molecular weight is 381 g/mol. The van der Waals surface area contributed by atoms with E-state index < -0.39 is 0 Å². The number of hydrogen-bond acceptors (Lipinski definition) is 4. The number of hydrogen-bond donors (Lipinski definition) is 0. The normalized spacial score (nSPS) is 23.3. The van der Waals surface area contributed by atoms with Gasteiger partial charge in [0.15, 0.2) is 0 Å². The molecule has 0 saturated carbocycles. The summed E-state index contributed by atoms with van der Waals surface area (Å²) in [4.78, 5) is 15.5. The number of likely N-dealkylation sites (tertiary alicyclic amines) is 1. The molecule has 2 aromatic rings. The van der Waals surface area contributed by atoms with Crippen LogP contribution in [0.5, 0.6) is 17.2 Å². The fraction of sp³-hybridized carbons (Fsp3) is 0.435. The molecule has 0 N–H and O–H groups in total. The number of carbonyl (C=O) groups excluding carboxylic acids is 1. The van der Waals surface area contributed by atoms with Crippen LogP contribution in [0.4, 0.5) is 0 Å². The van der Waals surface area contributed by atoms with E-state index in [1.165, 1.54) is 0 Å². The van der Waals surface area contributed by atoms with Gasteiger partial charge in [-0.2, -0.15) is 0 Å². The maximum absolute atomic E-state index is 13.5. The Morgan fingerprint density at radius 3 is 2.68 bits per heavy atom. The number of fused-ring (bicyclic) bond motifs is 1. The quantitative estimate of drug-likeness (QED) is 0.779. The van der Waals surface area contributed by atoms with Gasteiger partial charge in [0.05, 0.1) is 25.8 Å². The molecule has 0 aliphatic carbocycles. The van der Waals surface area contributed by atoms with Crippen LogP contribution in [0.2, 0.25) is 0 Å². The molecule has 148 valence electrons. The molecule has 0 spiro atoms. The Hall–Kier alpha value is -2.69. The maximum atomic E-state index is 13.5. The highest BCUT2D eigenvalue weighted by molar-refractivity contribution is 5.98. The zero-order valence-electron chi connectivity index (χ0n) is 16.9. The molecular formula is C23H27NO4. The van der Waals surface area contributed by atoms with Crippen molar-refractivity contribution in [2.75, 3.05) is 20.8 Å². The van der Waals surface area contributed by atoms with E-state index in [9.17, 15) is 4.79 Å². The van der Waals surface area contributed by atoms with Gasteiger partial charge in [-0.1, -0.05) is 19.1 Å². The summed E-state index contributed by atoms with van der Waals surface area (Å²) >= 11 is 0. The molecule has 1 fully saturated rings. The molecule has 2 aromatic carbocycles. The summed E-state index contributed by atoms with van der Waals surface area (Å²) in [6, 6.07) is 11.7. The Labute approximate surface area is 166 Å². The molecule has 3 atom stereocenters. The van der Waals surface area contributed by atoms with E-state index in [-0.39, 0.29) is 18.1 Å². The number of ether oxygens (including phenoxy) is 3. The van der Waals surface area contributed by atoms with Gasteiger partial charge >= 0.3 is 0 Å². The summed E-state index contributed by atoms with van der Waals surface area (Å²) in [6.45, 7) is 4.93. The summed E-state index contributed by atoms with van der Waals surface area (Å²) in [5.41, 5.74) is 2.80. The topological polar surface area (TPSA) is 48.0 Å². The molecule has 0 unspecified atom stereocenters. The number of rotatable bonds is 4. The van der Waals surface area contributed by atoms with Gasteiger partial charge in [-0.3, -0.25) is 4.79 Å². The van der Waals surface area contributed by atoms with Gasteiger partial charge < -0.3 is 19.1 Å². The predicted octanol–water partition coefficient (Wildman–Crippen LogP) is 4.57. The van der Waals surface area contributed by atoms with Crippen molar-refractivity contribution in [3.05, 3.63) is 53.1 Å². The number of para-hydroxylation sites is 1. The second kappa shape index (κ2) is 7.38. The molecule has 2 heterocycles. The van der Waals surface area contributed by atoms with E-state index in [0.717, 1.165) is 47.8 Å². The number of amides is 1. The summed E-state index contributed by atoms with van der Waals surface area (Å²) in [7, 11) is 3.29. The molecule has 5 heteroatoms. The summed E-state index contributed by atoms with van der Waals surface area (Å²) < 4.78 is 17.0. The first-order valence-electron chi connectivity index (χ1n) is 9.87. The van der Waals surface area contributed by atoms with Gasteiger partial charge in [0.1, 0.15) is 23.4 Å². The van der Waals surface area contributed by atoms with Gasteiger partial charge in [0.2, 0.25) is 0 Å². The standard InChI is InChI=1S/C23H27NO4/c1-14-15(2)28-22-17(14)7-5-8-19(22)23(25)24-12-6-9-20(24)18-11-10-16(26-3)13-21(18)27-4/h5,7-8,10-11,13-15,20H,6,9,12H2,1-4H3/t14-,15+,20-/m0/s1. The minimum absolute atomic E-state index is 0.0135. The lowest BCUT2D eigenvalue weighted by Gasteiger charge is -2.27. The second-order valence-corrected chi connectivity index (χ2v) is 7.60. The van der Waals surface area contributed by atoms with Crippen molar-refractivity contribution < 1.29 is 19.0 Å². The van der Waals surface area contributed by atoms with Crippen molar-refractivity contribution in [1.29, 1.82) is 0 Å². The largest absolute Gasteiger partial charge is 0.497 e. The van der Waals surface area contributed by atoms with Crippen molar-refractivity contribution in [2.24, 2.45) is 0 Å². The molecule has 28 heavy (non-hydrogen) atoms. The van der Waals surface area contributed by atoms with E-state index >= 15 is 0 Å². The first-order valence-corrected chi connectivity index (χ1v) is 9.87. The van der Waals surface area contributed by atoms with Crippen molar-refractivity contribution in [2.45, 2.75) is 44.8 Å². The lowest BCUT2D eigenvalue weighted by atomic mass is 9.96. The SMILES string of the molecule is COc1ccc([C@@H]2CCCN2C(=O)c2cccc3c2O[C@H](C)[C@@H]3C)c(OC)c1. The first kappa shape index (κ1) is 18.7. The predicted molar refractivity (Wildman–Crippen MR) is 108 cm³/mol. The van der Waals surface area contributed by atoms with Gasteiger partial charge in [-0.15, -0.1) is 0 Å². The van der Waals surface area contributed by atoms with Gasteiger partial charge in [-0.05, 0) is 38.0 Å². The van der Waals surface area contributed by atoms with E-state index in [1.807, 2.05) is 35.2 Å². The van der Waals surface area contributed by atoms with Crippen LogP contribution in [0.1, 0.15) is 60.1 Å². The van der Waals surface area contributed by atoms with E-state index in [4.69, 9.17) is 14.2 Å². The van der Waals surface area contributed by atoms with Crippen LogP contribution in [0.3, 0.4) is 0 Å². The zero-order chi connectivity index (χ0) is 19.8. The van der Waals surface area contributed by atoms with Crippen LogP contribution < -0.4 is 14.2 Å². The van der Waals surface area contributed by atoms with Crippen molar-refractivity contribution >= 4 is 5.91 Å². The Balaban J connectivity index is 1.68. The van der Waals surface area contributed by atoms with Crippen molar-refractivity contribution in [3.63, 3.8) is 0 Å². The number of methoxy groups -OCH3 is 2. The molecule has 4 rings (SSSR count). The van der Waals surface area contributed by atoms with Gasteiger partial charge in [-0.25, -0.2) is 0 Å². The van der Waals surface area contributed by atoms with Gasteiger partial charge in [0.25, 0.3) is 5.91 Å². The van der Waals surface area contributed by atoms with Crippen molar-refractivity contribution in [1.82, 2.24) is 4.90 Å². The van der Waals surface area contributed by atoms with Crippen LogP contribution in [-0.4, -0.2) is 37.7 Å². The first-order chi connectivity index (χ1) is 13.5. The van der Waals surface area contributed by atoms with Crippen LogP contribution in [0.15, 0.2) is 36.4 Å². The zero-order valence-corrected chi connectivity index (χ0v) is 16.9. The summed E-state index contributed by atoms with van der Waals surface area (Å²) in [5, 5.41) is 0. The minimum Gasteiger partial charge on any atom is -0.497 e. The average Bonchev–Trinajstić information content (AvgIpc) is 3.32. The van der Waals surface area contributed by atoms with Gasteiger partial charge in [0, 0.05) is 29.7 Å². The lowest BCUT2D eigenvalue weighted by molar-refractivity contribution is 0.0729. The molecule has 0 bridgehead atoms.